The van der Waals surface area contributed by atoms with E-state index < -0.39 is 6.09 Å². The molecule has 5 heteroatoms. The Morgan fingerprint density at radius 2 is 2.14 bits per heavy atom. The third-order valence-corrected chi connectivity index (χ3v) is 1.56. The van der Waals surface area contributed by atoms with Gasteiger partial charge in [-0.2, -0.15) is 0 Å². The van der Waals surface area contributed by atoms with Gasteiger partial charge in [0.15, 0.2) is 5.78 Å². The lowest BCUT2D eigenvalue weighted by molar-refractivity contribution is 0.101. The van der Waals surface area contributed by atoms with E-state index in [0.29, 0.717) is 11.4 Å². The van der Waals surface area contributed by atoms with E-state index in [0.717, 1.165) is 0 Å². The molecule has 0 unspecified atom stereocenters. The van der Waals surface area contributed by atoms with Gasteiger partial charge in [-0.05, 0) is 12.1 Å². The van der Waals surface area contributed by atoms with Crippen molar-refractivity contribution in [2.24, 2.45) is 0 Å². The second kappa shape index (κ2) is 4.36. The topological polar surface area (TPSA) is 68.3 Å². The first kappa shape index (κ1) is 10.2. The van der Waals surface area contributed by atoms with Crippen LogP contribution >= 0.6 is 0 Å². The number of nitrogens with zero attached hydrogens (tertiary/aromatic N) is 1. The lowest BCUT2D eigenvalue weighted by Crippen LogP contribution is -2.11. The monoisotopic (exact) mass is 194 g/mol. The molecule has 14 heavy (non-hydrogen) atoms. The highest BCUT2D eigenvalue weighted by atomic mass is 16.5. The summed E-state index contributed by atoms with van der Waals surface area (Å²) in [5, 5.41) is 2.42. The Hall–Kier alpha value is -1.91. The molecule has 1 aromatic rings. The van der Waals surface area contributed by atoms with Crippen LogP contribution in [0.2, 0.25) is 0 Å². The molecule has 0 fully saturated rings. The van der Waals surface area contributed by atoms with Gasteiger partial charge < -0.3 is 4.74 Å². The number of carbonyl (C=O) groups excluding carboxylic acids is 2. The van der Waals surface area contributed by atoms with E-state index in [2.05, 4.69) is 15.0 Å². The molecule has 0 aliphatic rings. The summed E-state index contributed by atoms with van der Waals surface area (Å²) in [7, 11) is 1.27. The molecule has 0 spiro atoms. The normalized spacial score (nSPS) is 9.29. The van der Waals surface area contributed by atoms with Crippen molar-refractivity contribution in [3.05, 3.63) is 24.0 Å². The van der Waals surface area contributed by atoms with Gasteiger partial charge in [0.25, 0.3) is 0 Å². The molecule has 0 aliphatic heterocycles. The number of hydrogen-bond donors (Lipinski definition) is 1. The largest absolute Gasteiger partial charge is 0.453 e. The molecule has 74 valence electrons. The molecule has 1 aromatic heterocycles. The van der Waals surface area contributed by atoms with Crippen LogP contribution in [-0.2, 0) is 4.74 Å². The molecule has 0 aliphatic carbocycles. The molecule has 0 saturated carbocycles. The van der Waals surface area contributed by atoms with Gasteiger partial charge in [-0.15, -0.1) is 0 Å². The van der Waals surface area contributed by atoms with Gasteiger partial charge in [0.05, 0.1) is 19.0 Å². The number of carbonyl (C=O) groups is 2. The summed E-state index contributed by atoms with van der Waals surface area (Å²) in [6, 6.07) is 3.12. The van der Waals surface area contributed by atoms with Crippen LogP contribution in [0.5, 0.6) is 0 Å². The van der Waals surface area contributed by atoms with Gasteiger partial charge in [0, 0.05) is 6.92 Å². The smallest absolute Gasteiger partial charge is 0.411 e. The number of aromatic nitrogens is 1. The van der Waals surface area contributed by atoms with Crippen LogP contribution in [0, 0.1) is 0 Å². The lowest BCUT2D eigenvalue weighted by atomic mass is 10.2. The van der Waals surface area contributed by atoms with E-state index in [1.54, 1.807) is 6.07 Å². The van der Waals surface area contributed by atoms with Crippen molar-refractivity contribution in [3.63, 3.8) is 0 Å². The number of ether oxygens (including phenoxy) is 1. The van der Waals surface area contributed by atoms with Crippen molar-refractivity contribution in [2.45, 2.75) is 6.92 Å². The Morgan fingerprint density at radius 1 is 1.43 bits per heavy atom. The van der Waals surface area contributed by atoms with Crippen LogP contribution < -0.4 is 5.32 Å². The Labute approximate surface area is 81.1 Å². The van der Waals surface area contributed by atoms with Crippen molar-refractivity contribution >= 4 is 17.6 Å². The fourth-order valence-corrected chi connectivity index (χ4v) is 0.845. The number of methoxy groups -OCH3 is 1. The minimum Gasteiger partial charge on any atom is -0.453 e. The number of pyridine rings is 1. The SMILES string of the molecule is COC(=O)Nc1ccc(C(C)=O)nc1. The van der Waals surface area contributed by atoms with Crippen LogP contribution in [0.15, 0.2) is 18.3 Å². The molecule has 0 atom stereocenters. The summed E-state index contributed by atoms with van der Waals surface area (Å²) in [6.45, 7) is 1.43. The highest BCUT2D eigenvalue weighted by Crippen LogP contribution is 2.06. The van der Waals surface area contributed by atoms with Crippen LogP contribution in [0.25, 0.3) is 0 Å². The van der Waals surface area contributed by atoms with E-state index in [1.165, 1.54) is 26.3 Å². The fourth-order valence-electron chi connectivity index (χ4n) is 0.845. The Kier molecular flexibility index (Phi) is 3.17. The van der Waals surface area contributed by atoms with Crippen molar-refractivity contribution < 1.29 is 14.3 Å². The molecule has 5 nitrogen and oxygen atoms in total. The molecule has 1 amide bonds. The number of rotatable bonds is 2. The number of amides is 1. The third kappa shape index (κ3) is 2.55. The highest BCUT2D eigenvalue weighted by molar-refractivity contribution is 5.92. The van der Waals surface area contributed by atoms with Crippen LogP contribution in [0.4, 0.5) is 10.5 Å². The van der Waals surface area contributed by atoms with E-state index in [-0.39, 0.29) is 5.78 Å². The van der Waals surface area contributed by atoms with Crippen molar-refractivity contribution in [1.82, 2.24) is 4.98 Å². The molecule has 0 aromatic carbocycles. The zero-order valence-corrected chi connectivity index (χ0v) is 7.90. The second-order valence-corrected chi connectivity index (χ2v) is 2.60. The first-order valence-corrected chi connectivity index (χ1v) is 3.95. The summed E-state index contributed by atoms with van der Waals surface area (Å²) in [5.74, 6) is -0.116. The minimum atomic E-state index is -0.567. The molecule has 1 rings (SSSR count). The van der Waals surface area contributed by atoms with Crippen molar-refractivity contribution in [2.75, 3.05) is 12.4 Å². The number of hydrogen-bond acceptors (Lipinski definition) is 4. The summed E-state index contributed by atoms with van der Waals surface area (Å²) in [4.78, 5) is 25.5. The minimum absolute atomic E-state index is 0.116. The van der Waals surface area contributed by atoms with Crippen molar-refractivity contribution in [3.8, 4) is 0 Å². The first-order valence-electron chi connectivity index (χ1n) is 3.95. The molecule has 0 bridgehead atoms. The van der Waals surface area contributed by atoms with E-state index >= 15 is 0 Å². The molecule has 0 radical (unpaired) electrons. The van der Waals surface area contributed by atoms with Gasteiger partial charge in [-0.3, -0.25) is 15.1 Å². The Morgan fingerprint density at radius 3 is 2.57 bits per heavy atom. The lowest BCUT2D eigenvalue weighted by Gasteiger charge is -2.02. The Balaban J connectivity index is 2.73. The van der Waals surface area contributed by atoms with E-state index in [4.69, 9.17) is 0 Å². The van der Waals surface area contributed by atoms with Crippen molar-refractivity contribution in [1.29, 1.82) is 0 Å². The molecule has 0 saturated heterocycles. The number of anilines is 1. The standard InChI is InChI=1S/C9H10N2O3/c1-6(12)8-4-3-7(5-10-8)11-9(13)14-2/h3-5H,1-2H3,(H,11,13). The fraction of sp³-hybridized carbons (Fsp3) is 0.222. The summed E-state index contributed by atoms with van der Waals surface area (Å²) in [6.07, 6.45) is 0.829. The van der Waals surface area contributed by atoms with Gasteiger partial charge in [-0.25, -0.2) is 4.79 Å². The van der Waals surface area contributed by atoms with Gasteiger partial charge >= 0.3 is 6.09 Å². The van der Waals surface area contributed by atoms with Crippen LogP contribution in [0.3, 0.4) is 0 Å². The number of ketones is 1. The first-order chi connectivity index (χ1) is 6.63. The van der Waals surface area contributed by atoms with Gasteiger partial charge in [0.1, 0.15) is 5.69 Å². The third-order valence-electron chi connectivity index (χ3n) is 1.56. The average Bonchev–Trinajstić information content (AvgIpc) is 2.18. The quantitative estimate of drug-likeness (QED) is 0.723. The van der Waals surface area contributed by atoms with Crippen LogP contribution in [-0.4, -0.2) is 24.0 Å². The summed E-state index contributed by atoms with van der Waals surface area (Å²) >= 11 is 0. The zero-order valence-electron chi connectivity index (χ0n) is 7.90. The second-order valence-electron chi connectivity index (χ2n) is 2.60. The van der Waals surface area contributed by atoms with E-state index in [9.17, 15) is 9.59 Å². The summed E-state index contributed by atoms with van der Waals surface area (Å²) < 4.78 is 4.39. The maximum atomic E-state index is 10.9. The van der Waals surface area contributed by atoms with Crippen LogP contribution in [0.1, 0.15) is 17.4 Å². The average molecular weight is 194 g/mol. The van der Waals surface area contributed by atoms with Gasteiger partial charge in [-0.1, -0.05) is 0 Å². The molecular weight excluding hydrogens is 184 g/mol. The number of nitrogens with one attached hydrogen (secondary N) is 1. The zero-order chi connectivity index (χ0) is 10.6. The molecule has 1 heterocycles. The predicted octanol–water partition coefficient (Wildman–Crippen LogP) is 1.46. The number of Topliss-reactive ketones (excluding diaryl/α,β-unsaturated/α-hetero) is 1. The maximum Gasteiger partial charge on any atom is 0.411 e. The molecular formula is C9H10N2O3. The maximum absolute atomic E-state index is 10.9. The van der Waals surface area contributed by atoms with Gasteiger partial charge in [0.2, 0.25) is 0 Å². The highest BCUT2D eigenvalue weighted by Gasteiger charge is 2.03. The van der Waals surface area contributed by atoms with E-state index in [1.807, 2.05) is 0 Å². The Bertz CT molecular complexity index is 346. The predicted molar refractivity (Wildman–Crippen MR) is 50.3 cm³/mol. The summed E-state index contributed by atoms with van der Waals surface area (Å²) in [5.41, 5.74) is 0.849. The molecule has 1 N–H and O–H groups in total.